The van der Waals surface area contributed by atoms with Crippen molar-refractivity contribution in [1.82, 2.24) is 15.5 Å². The molecule has 5 nitrogen and oxygen atoms in total. The number of fused-ring (bicyclic) bond motifs is 1. The summed E-state index contributed by atoms with van der Waals surface area (Å²) in [5, 5.41) is 8.46. The first-order valence-electron chi connectivity index (χ1n) is 9.17. The SMILES string of the molecule is CN=C(NCCC(=O)N1CCc2sccc2C1)NCCc1cccc(F)c1.I. The maximum atomic E-state index is 13.2. The molecule has 28 heavy (non-hydrogen) atoms. The van der Waals surface area contributed by atoms with E-state index in [9.17, 15) is 9.18 Å². The Hall–Kier alpha value is -1.68. The number of hydrogen-bond donors (Lipinski definition) is 2. The Kier molecular flexibility index (Phi) is 9.17. The highest BCUT2D eigenvalue weighted by Gasteiger charge is 2.20. The summed E-state index contributed by atoms with van der Waals surface area (Å²) in [4.78, 5) is 19.9. The van der Waals surface area contributed by atoms with Gasteiger partial charge in [-0.1, -0.05) is 12.1 Å². The molecule has 0 bridgehead atoms. The number of nitrogens with one attached hydrogen (secondary N) is 2. The summed E-state index contributed by atoms with van der Waals surface area (Å²) < 4.78 is 13.2. The molecule has 1 amide bonds. The van der Waals surface area contributed by atoms with Crippen molar-refractivity contribution in [1.29, 1.82) is 0 Å². The molecule has 1 aliphatic heterocycles. The Bertz CT molecular complexity index is 811. The third kappa shape index (κ3) is 6.44. The van der Waals surface area contributed by atoms with Crippen molar-refractivity contribution in [2.45, 2.75) is 25.8 Å². The average molecular weight is 516 g/mol. The minimum Gasteiger partial charge on any atom is -0.356 e. The predicted molar refractivity (Wildman–Crippen MR) is 123 cm³/mol. The summed E-state index contributed by atoms with van der Waals surface area (Å²) in [6, 6.07) is 8.70. The second-order valence-electron chi connectivity index (χ2n) is 6.49. The van der Waals surface area contributed by atoms with Gasteiger partial charge in [0.15, 0.2) is 5.96 Å². The van der Waals surface area contributed by atoms with Gasteiger partial charge < -0.3 is 15.5 Å². The molecule has 2 aromatic rings. The van der Waals surface area contributed by atoms with Crippen LogP contribution in [0.5, 0.6) is 0 Å². The van der Waals surface area contributed by atoms with E-state index in [1.807, 2.05) is 11.0 Å². The first-order chi connectivity index (χ1) is 13.2. The molecule has 2 N–H and O–H groups in total. The highest BCUT2D eigenvalue weighted by molar-refractivity contribution is 14.0. The Balaban J connectivity index is 0.00000280. The van der Waals surface area contributed by atoms with Crippen LogP contribution in [0, 0.1) is 5.82 Å². The number of carbonyl (C=O) groups is 1. The highest BCUT2D eigenvalue weighted by atomic mass is 127. The van der Waals surface area contributed by atoms with Gasteiger partial charge in [0, 0.05) is 44.5 Å². The van der Waals surface area contributed by atoms with E-state index in [1.54, 1.807) is 24.5 Å². The van der Waals surface area contributed by atoms with Crippen LogP contribution in [0.3, 0.4) is 0 Å². The molecule has 0 radical (unpaired) electrons. The van der Waals surface area contributed by atoms with Gasteiger partial charge in [-0.3, -0.25) is 9.79 Å². The Labute approximate surface area is 186 Å². The van der Waals surface area contributed by atoms with Crippen molar-refractivity contribution in [3.05, 3.63) is 57.5 Å². The van der Waals surface area contributed by atoms with Crippen LogP contribution in [-0.4, -0.2) is 43.4 Å². The molecule has 1 aromatic heterocycles. The number of rotatable bonds is 6. The topological polar surface area (TPSA) is 56.7 Å². The fraction of sp³-hybridized carbons (Fsp3) is 0.400. The zero-order valence-electron chi connectivity index (χ0n) is 15.9. The Morgan fingerprint density at radius 3 is 2.89 bits per heavy atom. The van der Waals surface area contributed by atoms with E-state index in [-0.39, 0.29) is 35.7 Å². The second kappa shape index (κ2) is 11.4. The monoisotopic (exact) mass is 516 g/mol. The summed E-state index contributed by atoms with van der Waals surface area (Å²) in [6.07, 6.45) is 2.09. The maximum absolute atomic E-state index is 13.2. The van der Waals surface area contributed by atoms with Crippen molar-refractivity contribution < 1.29 is 9.18 Å². The Morgan fingerprint density at radius 1 is 1.29 bits per heavy atom. The standard InChI is InChI=1S/C20H25FN4OS.HI/c1-22-20(23-9-5-15-3-2-4-17(21)13-15)24-10-6-19(26)25-11-7-18-16(14-25)8-12-27-18;/h2-4,8,12-13H,5-7,9-11,14H2,1H3,(H2,22,23,24);1H. The maximum Gasteiger partial charge on any atom is 0.224 e. The smallest absolute Gasteiger partial charge is 0.224 e. The number of guanidine groups is 1. The van der Waals surface area contributed by atoms with E-state index in [4.69, 9.17) is 0 Å². The second-order valence-corrected chi connectivity index (χ2v) is 7.49. The lowest BCUT2D eigenvalue weighted by Gasteiger charge is -2.27. The van der Waals surface area contributed by atoms with E-state index < -0.39 is 0 Å². The fourth-order valence-electron chi connectivity index (χ4n) is 3.15. The minimum absolute atomic E-state index is 0. The van der Waals surface area contributed by atoms with Crippen LogP contribution in [-0.2, 0) is 24.2 Å². The van der Waals surface area contributed by atoms with Gasteiger partial charge in [0.1, 0.15) is 5.82 Å². The molecule has 0 fully saturated rings. The van der Waals surface area contributed by atoms with Crippen LogP contribution in [0.15, 0.2) is 40.7 Å². The van der Waals surface area contributed by atoms with Crippen LogP contribution in [0.4, 0.5) is 4.39 Å². The van der Waals surface area contributed by atoms with E-state index in [0.717, 1.165) is 25.1 Å². The highest BCUT2D eigenvalue weighted by Crippen LogP contribution is 2.24. The number of thiophene rings is 1. The van der Waals surface area contributed by atoms with Gasteiger partial charge in [-0.2, -0.15) is 0 Å². The van der Waals surface area contributed by atoms with Crippen LogP contribution in [0.1, 0.15) is 22.4 Å². The van der Waals surface area contributed by atoms with E-state index in [2.05, 4.69) is 27.1 Å². The third-order valence-corrected chi connectivity index (χ3v) is 5.63. The minimum atomic E-state index is -0.221. The van der Waals surface area contributed by atoms with Crippen LogP contribution in [0.2, 0.25) is 0 Å². The van der Waals surface area contributed by atoms with Gasteiger partial charge in [0.25, 0.3) is 0 Å². The van der Waals surface area contributed by atoms with Crippen molar-refractivity contribution in [2.75, 3.05) is 26.7 Å². The molecule has 152 valence electrons. The van der Waals surface area contributed by atoms with Crippen molar-refractivity contribution in [3.63, 3.8) is 0 Å². The molecule has 0 saturated carbocycles. The molecule has 3 rings (SSSR count). The fourth-order valence-corrected chi connectivity index (χ4v) is 4.04. The quantitative estimate of drug-likeness (QED) is 0.353. The molecule has 0 unspecified atom stereocenters. The third-order valence-electron chi connectivity index (χ3n) is 4.61. The number of benzene rings is 1. The summed E-state index contributed by atoms with van der Waals surface area (Å²) >= 11 is 1.78. The van der Waals surface area contributed by atoms with Crippen LogP contribution < -0.4 is 10.6 Å². The predicted octanol–water partition coefficient (Wildman–Crippen LogP) is 3.19. The molecule has 0 saturated heterocycles. The molecular weight excluding hydrogens is 490 g/mol. The van der Waals surface area contributed by atoms with Crippen molar-refractivity contribution >= 4 is 47.2 Å². The molecule has 0 atom stereocenters. The molecule has 0 spiro atoms. The number of amides is 1. The zero-order valence-corrected chi connectivity index (χ0v) is 19.1. The number of hydrogen-bond acceptors (Lipinski definition) is 3. The molecule has 1 aliphatic rings. The van der Waals surface area contributed by atoms with Gasteiger partial charge >= 0.3 is 0 Å². The summed E-state index contributed by atoms with van der Waals surface area (Å²) in [5.74, 6) is 0.591. The summed E-state index contributed by atoms with van der Waals surface area (Å²) in [6.45, 7) is 2.70. The lowest BCUT2D eigenvalue weighted by atomic mass is 10.1. The molecular formula is C20H26FIN4OS. The number of aliphatic imine (C=N–C) groups is 1. The van der Waals surface area contributed by atoms with Crippen LogP contribution >= 0.6 is 35.3 Å². The van der Waals surface area contributed by atoms with Crippen molar-refractivity contribution in [2.24, 2.45) is 4.99 Å². The van der Waals surface area contributed by atoms with Gasteiger partial charge in [-0.05, 0) is 47.5 Å². The zero-order chi connectivity index (χ0) is 19.1. The molecule has 8 heteroatoms. The van der Waals surface area contributed by atoms with Crippen molar-refractivity contribution in [3.8, 4) is 0 Å². The molecule has 0 aliphatic carbocycles. The molecule has 1 aromatic carbocycles. The number of halogens is 2. The van der Waals surface area contributed by atoms with Gasteiger partial charge in [0.05, 0.1) is 0 Å². The lowest BCUT2D eigenvalue weighted by molar-refractivity contribution is -0.131. The average Bonchev–Trinajstić information content (AvgIpc) is 3.14. The summed E-state index contributed by atoms with van der Waals surface area (Å²) in [5.41, 5.74) is 2.22. The van der Waals surface area contributed by atoms with E-state index in [0.29, 0.717) is 31.9 Å². The van der Waals surface area contributed by atoms with E-state index in [1.165, 1.54) is 22.6 Å². The normalized spacial score (nSPS) is 13.5. The summed E-state index contributed by atoms with van der Waals surface area (Å²) in [7, 11) is 1.70. The lowest BCUT2D eigenvalue weighted by Crippen LogP contribution is -2.41. The van der Waals surface area contributed by atoms with Crippen LogP contribution in [0.25, 0.3) is 0 Å². The molecule has 2 heterocycles. The number of nitrogens with zero attached hydrogens (tertiary/aromatic N) is 2. The van der Waals surface area contributed by atoms with Gasteiger partial charge in [0.2, 0.25) is 5.91 Å². The van der Waals surface area contributed by atoms with E-state index >= 15 is 0 Å². The first kappa shape index (κ1) is 22.6. The van der Waals surface area contributed by atoms with Gasteiger partial charge in [-0.25, -0.2) is 4.39 Å². The van der Waals surface area contributed by atoms with Gasteiger partial charge in [-0.15, -0.1) is 35.3 Å². The Morgan fingerprint density at radius 2 is 2.11 bits per heavy atom. The largest absolute Gasteiger partial charge is 0.356 e. The number of carbonyl (C=O) groups excluding carboxylic acids is 1. The first-order valence-corrected chi connectivity index (χ1v) is 10.1.